The number of carbonyl (C=O) groups is 2. The molecule has 4 nitrogen and oxygen atoms in total. The number of benzene rings is 1. The van der Waals surface area contributed by atoms with Crippen molar-refractivity contribution in [1.29, 1.82) is 0 Å². The summed E-state index contributed by atoms with van der Waals surface area (Å²) < 4.78 is 26.3. The van der Waals surface area contributed by atoms with E-state index >= 15 is 0 Å². The normalized spacial score (nSPS) is 18.8. The van der Waals surface area contributed by atoms with Crippen LogP contribution in [0.15, 0.2) is 18.2 Å². The van der Waals surface area contributed by atoms with Crippen LogP contribution in [-0.2, 0) is 16.1 Å². The van der Waals surface area contributed by atoms with E-state index in [2.05, 4.69) is 10.6 Å². The van der Waals surface area contributed by atoms with Gasteiger partial charge in [0.15, 0.2) is 0 Å². The first-order chi connectivity index (χ1) is 9.06. The Kier molecular flexibility index (Phi) is 4.09. The second-order valence-electron chi connectivity index (χ2n) is 4.49. The maximum absolute atomic E-state index is 13.3. The minimum atomic E-state index is -0.557. The maximum Gasteiger partial charge on any atom is 0.225 e. The number of carbonyl (C=O) groups excluding carboxylic acids is 2. The van der Waals surface area contributed by atoms with Crippen LogP contribution in [0.1, 0.15) is 18.4 Å². The molecule has 0 spiro atoms. The number of piperidine rings is 1. The molecule has 1 aromatic rings. The van der Waals surface area contributed by atoms with Crippen LogP contribution in [0.2, 0.25) is 0 Å². The average Bonchev–Trinajstić information content (AvgIpc) is 2.40. The Morgan fingerprint density at radius 2 is 2.21 bits per heavy atom. The third-order valence-electron chi connectivity index (χ3n) is 3.10. The second-order valence-corrected chi connectivity index (χ2v) is 4.49. The fraction of sp³-hybridized carbons (Fsp3) is 0.385. The average molecular weight is 268 g/mol. The number of halogens is 2. The molecule has 0 bridgehead atoms. The standard InChI is InChI=1S/C13H14F2N2O2/c14-10-2-3-11(15)9(5-10)7-17-13(19)8-1-4-12(18)16-6-8/h2-3,5,8H,1,4,6-7H2,(H,16,18)(H,17,19). The number of hydrogen-bond donors (Lipinski definition) is 2. The zero-order valence-electron chi connectivity index (χ0n) is 10.2. The minimum absolute atomic E-state index is 0.0626. The Hall–Kier alpha value is -1.98. The first-order valence-corrected chi connectivity index (χ1v) is 6.04. The van der Waals surface area contributed by atoms with Crippen LogP contribution in [-0.4, -0.2) is 18.4 Å². The molecule has 1 atom stereocenters. The highest BCUT2D eigenvalue weighted by Crippen LogP contribution is 2.12. The molecular weight excluding hydrogens is 254 g/mol. The largest absolute Gasteiger partial charge is 0.355 e. The predicted molar refractivity (Wildman–Crippen MR) is 63.9 cm³/mol. The van der Waals surface area contributed by atoms with Gasteiger partial charge in [0.05, 0.1) is 5.92 Å². The summed E-state index contributed by atoms with van der Waals surface area (Å²) in [5.74, 6) is -1.74. The molecule has 0 radical (unpaired) electrons. The molecule has 2 rings (SSSR count). The van der Waals surface area contributed by atoms with Crippen molar-refractivity contribution < 1.29 is 18.4 Å². The lowest BCUT2D eigenvalue weighted by Gasteiger charge is -2.21. The van der Waals surface area contributed by atoms with Crippen molar-refractivity contribution in [3.05, 3.63) is 35.4 Å². The number of hydrogen-bond acceptors (Lipinski definition) is 2. The highest BCUT2D eigenvalue weighted by atomic mass is 19.1. The molecule has 102 valence electrons. The maximum atomic E-state index is 13.3. The summed E-state index contributed by atoms with van der Waals surface area (Å²) in [5, 5.41) is 5.15. The summed E-state index contributed by atoms with van der Waals surface area (Å²) >= 11 is 0. The Balaban J connectivity index is 1.89. The molecule has 1 unspecified atom stereocenters. The molecule has 0 aliphatic carbocycles. The Bertz CT molecular complexity index is 495. The Morgan fingerprint density at radius 3 is 2.89 bits per heavy atom. The molecule has 1 fully saturated rings. The third-order valence-corrected chi connectivity index (χ3v) is 3.10. The molecule has 19 heavy (non-hydrogen) atoms. The molecule has 6 heteroatoms. The van der Waals surface area contributed by atoms with E-state index in [0.29, 0.717) is 12.8 Å². The van der Waals surface area contributed by atoms with Crippen molar-refractivity contribution in [1.82, 2.24) is 10.6 Å². The Labute approximate surface area is 109 Å². The van der Waals surface area contributed by atoms with Crippen molar-refractivity contribution in [3.8, 4) is 0 Å². The quantitative estimate of drug-likeness (QED) is 0.862. The fourth-order valence-electron chi connectivity index (χ4n) is 1.96. The first kappa shape index (κ1) is 13.5. The van der Waals surface area contributed by atoms with Gasteiger partial charge in [-0.1, -0.05) is 0 Å². The highest BCUT2D eigenvalue weighted by molar-refractivity contribution is 5.83. The van der Waals surface area contributed by atoms with E-state index in [4.69, 9.17) is 0 Å². The van der Waals surface area contributed by atoms with Gasteiger partial charge in [-0.2, -0.15) is 0 Å². The molecule has 1 aliphatic rings. The number of nitrogens with one attached hydrogen (secondary N) is 2. The van der Waals surface area contributed by atoms with Crippen molar-refractivity contribution in [3.63, 3.8) is 0 Å². The molecule has 1 aromatic carbocycles. The summed E-state index contributed by atoms with van der Waals surface area (Å²) in [7, 11) is 0. The van der Waals surface area contributed by atoms with Gasteiger partial charge in [0.1, 0.15) is 11.6 Å². The smallest absolute Gasteiger partial charge is 0.225 e. The summed E-state index contributed by atoms with van der Waals surface area (Å²) in [6.45, 7) is 0.225. The third kappa shape index (κ3) is 3.49. The second kappa shape index (κ2) is 5.77. The molecule has 2 N–H and O–H groups in total. The van der Waals surface area contributed by atoms with E-state index in [9.17, 15) is 18.4 Å². The molecule has 0 saturated carbocycles. The number of rotatable bonds is 3. The van der Waals surface area contributed by atoms with E-state index in [-0.39, 0.29) is 36.4 Å². The van der Waals surface area contributed by atoms with Gasteiger partial charge in [0.2, 0.25) is 11.8 Å². The molecular formula is C13H14F2N2O2. The van der Waals surface area contributed by atoms with Crippen LogP contribution in [0.3, 0.4) is 0 Å². The molecule has 2 amide bonds. The van der Waals surface area contributed by atoms with Gasteiger partial charge in [-0.3, -0.25) is 9.59 Å². The monoisotopic (exact) mass is 268 g/mol. The predicted octanol–water partition coefficient (Wildman–Crippen LogP) is 1.11. The fourth-order valence-corrected chi connectivity index (χ4v) is 1.96. The summed E-state index contributed by atoms with van der Waals surface area (Å²) in [6, 6.07) is 3.10. The van der Waals surface area contributed by atoms with Crippen molar-refractivity contribution >= 4 is 11.8 Å². The van der Waals surface area contributed by atoms with Gasteiger partial charge in [0.25, 0.3) is 0 Å². The van der Waals surface area contributed by atoms with Gasteiger partial charge in [-0.15, -0.1) is 0 Å². The van der Waals surface area contributed by atoms with Crippen LogP contribution in [0.4, 0.5) is 8.78 Å². The highest BCUT2D eigenvalue weighted by Gasteiger charge is 2.24. The summed E-state index contributed by atoms with van der Waals surface area (Å²) in [6.07, 6.45) is 0.787. The van der Waals surface area contributed by atoms with Gasteiger partial charge >= 0.3 is 0 Å². The van der Waals surface area contributed by atoms with Gasteiger partial charge < -0.3 is 10.6 Å². The lowest BCUT2D eigenvalue weighted by Crippen LogP contribution is -2.42. The number of amides is 2. The zero-order valence-corrected chi connectivity index (χ0v) is 10.2. The van der Waals surface area contributed by atoms with Gasteiger partial charge in [-0.05, 0) is 24.6 Å². The van der Waals surface area contributed by atoms with Crippen LogP contribution in [0.25, 0.3) is 0 Å². The van der Waals surface area contributed by atoms with Gasteiger partial charge in [0, 0.05) is 25.1 Å². The molecule has 1 aliphatic heterocycles. The van der Waals surface area contributed by atoms with Crippen LogP contribution in [0, 0.1) is 17.6 Å². The minimum Gasteiger partial charge on any atom is -0.355 e. The van der Waals surface area contributed by atoms with E-state index in [1.807, 2.05) is 0 Å². The van der Waals surface area contributed by atoms with Crippen LogP contribution in [0.5, 0.6) is 0 Å². The molecule has 1 saturated heterocycles. The van der Waals surface area contributed by atoms with E-state index in [0.717, 1.165) is 18.2 Å². The van der Waals surface area contributed by atoms with Gasteiger partial charge in [-0.25, -0.2) is 8.78 Å². The van der Waals surface area contributed by atoms with Crippen molar-refractivity contribution in [2.45, 2.75) is 19.4 Å². The Morgan fingerprint density at radius 1 is 1.42 bits per heavy atom. The SMILES string of the molecule is O=C1CCC(C(=O)NCc2cc(F)ccc2F)CN1. The van der Waals surface area contributed by atoms with E-state index < -0.39 is 11.6 Å². The topological polar surface area (TPSA) is 58.2 Å². The van der Waals surface area contributed by atoms with Crippen LogP contribution >= 0.6 is 0 Å². The summed E-state index contributed by atoms with van der Waals surface area (Å²) in [5.41, 5.74) is 0.105. The first-order valence-electron chi connectivity index (χ1n) is 6.04. The van der Waals surface area contributed by atoms with E-state index in [1.54, 1.807) is 0 Å². The summed E-state index contributed by atoms with van der Waals surface area (Å²) in [4.78, 5) is 22.8. The lowest BCUT2D eigenvalue weighted by molar-refractivity contribution is -0.129. The van der Waals surface area contributed by atoms with Crippen molar-refractivity contribution in [2.24, 2.45) is 5.92 Å². The van der Waals surface area contributed by atoms with Crippen molar-refractivity contribution in [2.75, 3.05) is 6.54 Å². The molecule has 0 aromatic heterocycles. The molecule has 1 heterocycles. The lowest BCUT2D eigenvalue weighted by atomic mass is 9.98. The zero-order chi connectivity index (χ0) is 13.8. The van der Waals surface area contributed by atoms with E-state index in [1.165, 1.54) is 0 Å². The van der Waals surface area contributed by atoms with Crippen LogP contribution < -0.4 is 10.6 Å².